The van der Waals surface area contributed by atoms with Crippen LogP contribution in [0.5, 0.6) is 11.5 Å². The number of aromatic nitrogens is 1. The maximum Gasteiger partial charge on any atom is 0.338 e. The lowest BCUT2D eigenvalue weighted by molar-refractivity contribution is -0.139. The Morgan fingerprint density at radius 1 is 1.05 bits per heavy atom. The molecular formula is C35H38N2O5S. The maximum absolute atomic E-state index is 14.1. The second kappa shape index (κ2) is 10.8. The number of aromatic hydroxyl groups is 1. The molecule has 2 heterocycles. The van der Waals surface area contributed by atoms with Gasteiger partial charge in [0, 0.05) is 5.56 Å². The molecule has 4 bridgehead atoms. The van der Waals surface area contributed by atoms with Crippen LogP contribution in [0.15, 0.2) is 63.5 Å². The van der Waals surface area contributed by atoms with Crippen LogP contribution in [0.3, 0.4) is 0 Å². The van der Waals surface area contributed by atoms with Crippen molar-refractivity contribution in [2.75, 3.05) is 13.2 Å². The number of thiazole rings is 1. The molecule has 1 aromatic heterocycles. The van der Waals surface area contributed by atoms with Crippen molar-refractivity contribution in [3.05, 3.63) is 90.1 Å². The van der Waals surface area contributed by atoms with Gasteiger partial charge in [0.2, 0.25) is 0 Å². The number of carbonyl (C=O) groups is 1. The Morgan fingerprint density at radius 2 is 1.72 bits per heavy atom. The number of hydrogen-bond acceptors (Lipinski definition) is 7. The van der Waals surface area contributed by atoms with Crippen molar-refractivity contribution in [2.45, 2.75) is 70.8 Å². The first kappa shape index (κ1) is 28.1. The molecule has 1 atom stereocenters. The fraction of sp³-hybridized carbons (Fsp3) is 0.457. The van der Waals surface area contributed by atoms with Crippen LogP contribution >= 0.6 is 11.3 Å². The van der Waals surface area contributed by atoms with E-state index in [2.05, 4.69) is 12.1 Å². The predicted octanol–water partition coefficient (Wildman–Crippen LogP) is 5.37. The summed E-state index contributed by atoms with van der Waals surface area (Å²) in [5.41, 5.74) is 3.50. The first-order valence-electron chi connectivity index (χ1n) is 15.5. The Labute approximate surface area is 255 Å². The van der Waals surface area contributed by atoms with Gasteiger partial charge in [-0.1, -0.05) is 29.5 Å². The molecule has 8 heteroatoms. The summed E-state index contributed by atoms with van der Waals surface area (Å²) in [6.07, 6.45) is 9.58. The van der Waals surface area contributed by atoms with E-state index in [4.69, 9.17) is 14.5 Å². The lowest BCUT2D eigenvalue weighted by atomic mass is 9.48. The normalized spacial score (nSPS) is 27.7. The monoisotopic (exact) mass is 598 g/mol. The number of esters is 1. The molecule has 0 unspecified atom stereocenters. The van der Waals surface area contributed by atoms with Crippen LogP contribution in [0.4, 0.5) is 0 Å². The van der Waals surface area contributed by atoms with Crippen molar-refractivity contribution in [1.29, 1.82) is 0 Å². The number of hydrogen-bond donors (Lipinski definition) is 1. The van der Waals surface area contributed by atoms with E-state index in [1.54, 1.807) is 30.6 Å². The molecule has 5 aliphatic rings. The zero-order valence-electron chi connectivity index (χ0n) is 25.0. The van der Waals surface area contributed by atoms with Crippen LogP contribution in [-0.2, 0) is 14.9 Å². The third-order valence-corrected chi connectivity index (χ3v) is 11.0. The largest absolute Gasteiger partial charge is 0.507 e. The van der Waals surface area contributed by atoms with E-state index < -0.39 is 12.0 Å². The molecule has 4 aliphatic carbocycles. The lowest BCUT2D eigenvalue weighted by Crippen LogP contribution is -2.48. The van der Waals surface area contributed by atoms with E-state index in [-0.39, 0.29) is 23.3 Å². The van der Waals surface area contributed by atoms with Gasteiger partial charge in [0.15, 0.2) is 4.80 Å². The summed E-state index contributed by atoms with van der Waals surface area (Å²) >= 11 is 1.28. The van der Waals surface area contributed by atoms with Crippen LogP contribution in [0, 0.1) is 17.8 Å². The van der Waals surface area contributed by atoms with Gasteiger partial charge in [-0.15, -0.1) is 0 Å². The smallest absolute Gasteiger partial charge is 0.338 e. The Bertz CT molecular complexity index is 1760. The number of fused-ring (bicyclic) bond motifs is 1. The van der Waals surface area contributed by atoms with E-state index in [1.165, 1.54) is 55.4 Å². The number of nitrogens with zero attached hydrogens (tertiary/aromatic N) is 2. The molecule has 1 N–H and O–H groups in total. The van der Waals surface area contributed by atoms with E-state index in [1.807, 2.05) is 31.2 Å². The minimum atomic E-state index is -0.694. The molecular weight excluding hydrogens is 560 g/mol. The highest BCUT2D eigenvalue weighted by Crippen LogP contribution is 2.60. The van der Waals surface area contributed by atoms with Gasteiger partial charge in [-0.05, 0) is 124 Å². The average molecular weight is 599 g/mol. The third-order valence-electron chi connectivity index (χ3n) is 9.99. The van der Waals surface area contributed by atoms with Gasteiger partial charge < -0.3 is 14.6 Å². The zero-order valence-corrected chi connectivity index (χ0v) is 25.8. The summed E-state index contributed by atoms with van der Waals surface area (Å²) < 4.78 is 13.1. The van der Waals surface area contributed by atoms with Crippen molar-refractivity contribution in [1.82, 2.24) is 4.57 Å². The first-order valence-corrected chi connectivity index (χ1v) is 16.4. The van der Waals surface area contributed by atoms with Gasteiger partial charge >= 0.3 is 5.97 Å². The highest BCUT2D eigenvalue weighted by Gasteiger charge is 2.51. The SMILES string of the molecule is CCOC(=O)C1=C(C)N=c2s/c(=C/c3cc(C45CC6CC(CC(C6)C4)C5)ccc3O)c(=O)n2[C@@H]1c1ccc(OCC)cc1. The highest BCUT2D eigenvalue weighted by atomic mass is 32.1. The fourth-order valence-corrected chi connectivity index (χ4v) is 9.66. The molecule has 0 saturated heterocycles. The Balaban J connectivity index is 1.33. The predicted molar refractivity (Wildman–Crippen MR) is 166 cm³/mol. The van der Waals surface area contributed by atoms with Gasteiger partial charge in [0.05, 0.1) is 35.1 Å². The molecule has 0 spiro atoms. The number of allylic oxidation sites excluding steroid dienone is 1. The van der Waals surface area contributed by atoms with Gasteiger partial charge in [-0.2, -0.15) is 0 Å². The molecule has 4 saturated carbocycles. The van der Waals surface area contributed by atoms with Crippen LogP contribution in [0.1, 0.15) is 82.0 Å². The average Bonchev–Trinajstić information content (AvgIpc) is 3.27. The van der Waals surface area contributed by atoms with Crippen LogP contribution in [0.25, 0.3) is 6.08 Å². The molecule has 0 radical (unpaired) electrons. The van der Waals surface area contributed by atoms with Crippen molar-refractivity contribution in [3.8, 4) is 11.5 Å². The Kier molecular flexibility index (Phi) is 7.07. The zero-order chi connectivity index (χ0) is 29.9. The van der Waals surface area contributed by atoms with Gasteiger partial charge in [0.25, 0.3) is 5.56 Å². The van der Waals surface area contributed by atoms with E-state index in [0.717, 1.165) is 23.3 Å². The number of benzene rings is 2. The topological polar surface area (TPSA) is 90.1 Å². The number of carbonyl (C=O) groups excluding carboxylic acids is 1. The van der Waals surface area contributed by atoms with E-state index in [9.17, 15) is 14.7 Å². The molecule has 8 rings (SSSR count). The molecule has 2 aromatic carbocycles. The van der Waals surface area contributed by atoms with Gasteiger partial charge in [-0.3, -0.25) is 9.36 Å². The minimum absolute atomic E-state index is 0.158. The molecule has 4 fully saturated rings. The van der Waals surface area contributed by atoms with Crippen molar-refractivity contribution >= 4 is 23.4 Å². The molecule has 43 heavy (non-hydrogen) atoms. The summed E-state index contributed by atoms with van der Waals surface area (Å²) in [7, 11) is 0. The summed E-state index contributed by atoms with van der Waals surface area (Å²) in [6.45, 7) is 6.23. The maximum atomic E-state index is 14.1. The van der Waals surface area contributed by atoms with Gasteiger partial charge in [0.1, 0.15) is 11.5 Å². The van der Waals surface area contributed by atoms with Crippen LogP contribution in [-0.4, -0.2) is 28.9 Å². The lowest BCUT2D eigenvalue weighted by Gasteiger charge is -2.57. The number of phenolic OH excluding ortho intramolecular Hbond substituents is 1. The number of rotatable bonds is 7. The Morgan fingerprint density at radius 3 is 2.35 bits per heavy atom. The summed E-state index contributed by atoms with van der Waals surface area (Å²) in [4.78, 5) is 32.5. The standard InChI is InChI=1S/C35H38N2O5S/c1-4-41-27-9-6-24(7-10-27)31-30(33(40)42-5-2)20(3)36-34-37(31)32(39)29(43-34)16-25-15-26(8-11-28(25)38)35-17-21-12-22(18-35)14-23(13-21)19-35/h6-11,15-16,21-23,31,38H,4-5,12-14,17-19H2,1-3H3/b29-16+/t21?,22?,23?,31-,35?/m1/s1. The number of phenols is 1. The van der Waals surface area contributed by atoms with Crippen molar-refractivity contribution in [2.24, 2.45) is 22.7 Å². The third kappa shape index (κ3) is 4.84. The van der Waals surface area contributed by atoms with E-state index >= 15 is 0 Å². The molecule has 0 amide bonds. The summed E-state index contributed by atoms with van der Waals surface area (Å²) in [6, 6.07) is 12.8. The molecule has 7 nitrogen and oxygen atoms in total. The Hall–Kier alpha value is -3.65. The quantitative estimate of drug-likeness (QED) is 0.370. The van der Waals surface area contributed by atoms with Crippen molar-refractivity contribution < 1.29 is 19.4 Å². The highest BCUT2D eigenvalue weighted by molar-refractivity contribution is 7.07. The fourth-order valence-electron chi connectivity index (χ4n) is 8.63. The van der Waals surface area contributed by atoms with Crippen LogP contribution < -0.4 is 19.6 Å². The minimum Gasteiger partial charge on any atom is -0.507 e. The van der Waals surface area contributed by atoms with Gasteiger partial charge in [-0.25, -0.2) is 9.79 Å². The van der Waals surface area contributed by atoms with E-state index in [0.29, 0.717) is 38.5 Å². The molecule has 3 aromatic rings. The van der Waals surface area contributed by atoms with Crippen molar-refractivity contribution in [3.63, 3.8) is 0 Å². The molecule has 224 valence electrons. The molecule has 1 aliphatic heterocycles. The second-order valence-electron chi connectivity index (χ2n) is 12.8. The summed E-state index contributed by atoms with van der Waals surface area (Å²) in [5, 5.41) is 10.9. The second-order valence-corrected chi connectivity index (χ2v) is 13.8. The first-order chi connectivity index (χ1) is 20.8. The summed E-state index contributed by atoms with van der Waals surface area (Å²) in [5.74, 6) is 2.82. The van der Waals surface area contributed by atoms with Crippen LogP contribution in [0.2, 0.25) is 0 Å². The number of ether oxygens (including phenoxy) is 2.